The summed E-state index contributed by atoms with van der Waals surface area (Å²) in [5.74, 6) is -0.919. The highest BCUT2D eigenvalue weighted by Gasteiger charge is 2.27. The van der Waals surface area contributed by atoms with Crippen molar-refractivity contribution in [1.82, 2.24) is 10.0 Å². The minimum Gasteiger partial charge on any atom is -0.343 e. The van der Waals surface area contributed by atoms with E-state index >= 15 is 0 Å². The number of carbonyl (C=O) groups excluding carboxylic acids is 1. The van der Waals surface area contributed by atoms with Crippen LogP contribution in [0.1, 0.15) is 23.7 Å². The summed E-state index contributed by atoms with van der Waals surface area (Å²) in [4.78, 5) is 11.4. The van der Waals surface area contributed by atoms with Gasteiger partial charge in [-0.25, -0.2) is 13.1 Å². The number of sulfonamides is 1. The largest absolute Gasteiger partial charge is 0.405 e. The molecule has 0 saturated carbocycles. The van der Waals surface area contributed by atoms with Gasteiger partial charge in [0.15, 0.2) is 0 Å². The fraction of sp³-hybridized carbons (Fsp3) is 0.417. The maximum Gasteiger partial charge on any atom is 0.405 e. The number of alkyl halides is 3. The van der Waals surface area contributed by atoms with Gasteiger partial charge in [0.1, 0.15) is 6.54 Å². The lowest BCUT2D eigenvalue weighted by molar-refractivity contribution is -0.123. The molecule has 9 heteroatoms. The summed E-state index contributed by atoms with van der Waals surface area (Å²) in [5.41, 5.74) is -0.0475. The summed E-state index contributed by atoms with van der Waals surface area (Å²) in [6, 6.07) is 4.65. The SMILES string of the molecule is CCCNS(=O)(=O)c1ccc(C(=O)NCC(F)(F)F)cc1. The van der Waals surface area contributed by atoms with Crippen LogP contribution in [0.2, 0.25) is 0 Å². The van der Waals surface area contributed by atoms with Gasteiger partial charge in [-0.2, -0.15) is 13.2 Å². The molecule has 0 heterocycles. The zero-order chi connectivity index (χ0) is 16.1. The van der Waals surface area contributed by atoms with Gasteiger partial charge in [0.2, 0.25) is 10.0 Å². The average molecular weight is 324 g/mol. The van der Waals surface area contributed by atoms with Crippen LogP contribution < -0.4 is 10.0 Å². The number of benzene rings is 1. The molecule has 21 heavy (non-hydrogen) atoms. The highest BCUT2D eigenvalue weighted by atomic mass is 32.2. The van der Waals surface area contributed by atoms with Crippen molar-refractivity contribution in [2.75, 3.05) is 13.1 Å². The van der Waals surface area contributed by atoms with Crippen LogP contribution in [-0.4, -0.2) is 33.6 Å². The van der Waals surface area contributed by atoms with E-state index in [2.05, 4.69) is 4.72 Å². The first-order valence-corrected chi connectivity index (χ1v) is 7.58. The molecule has 2 N–H and O–H groups in total. The molecule has 1 aromatic carbocycles. The van der Waals surface area contributed by atoms with Crippen LogP contribution in [0.4, 0.5) is 13.2 Å². The van der Waals surface area contributed by atoms with Crippen LogP contribution >= 0.6 is 0 Å². The van der Waals surface area contributed by atoms with E-state index in [1.807, 2.05) is 0 Å². The molecule has 0 saturated heterocycles. The molecule has 0 spiro atoms. The van der Waals surface area contributed by atoms with Gasteiger partial charge in [-0.15, -0.1) is 0 Å². The second-order valence-electron chi connectivity index (χ2n) is 4.22. The number of halogens is 3. The van der Waals surface area contributed by atoms with Crippen LogP contribution in [0.25, 0.3) is 0 Å². The van der Waals surface area contributed by atoms with Gasteiger partial charge in [-0.1, -0.05) is 6.92 Å². The zero-order valence-electron chi connectivity index (χ0n) is 11.2. The Labute approximate surface area is 120 Å². The normalized spacial score (nSPS) is 12.2. The summed E-state index contributed by atoms with van der Waals surface area (Å²) in [6.07, 6.45) is -3.87. The Bertz CT molecular complexity index is 583. The van der Waals surface area contributed by atoms with E-state index in [0.29, 0.717) is 6.42 Å². The molecule has 1 aromatic rings. The highest BCUT2D eigenvalue weighted by Crippen LogP contribution is 2.14. The molecule has 1 rings (SSSR count). The third kappa shape index (κ3) is 5.72. The lowest BCUT2D eigenvalue weighted by Crippen LogP contribution is -2.33. The summed E-state index contributed by atoms with van der Waals surface area (Å²) >= 11 is 0. The number of nitrogens with one attached hydrogen (secondary N) is 2. The number of hydrogen-bond donors (Lipinski definition) is 2. The maximum atomic E-state index is 12.0. The second-order valence-corrected chi connectivity index (χ2v) is 5.99. The minimum absolute atomic E-state index is 0.0475. The Balaban J connectivity index is 2.76. The molecule has 0 atom stereocenters. The van der Waals surface area contributed by atoms with E-state index in [1.54, 1.807) is 12.2 Å². The fourth-order valence-corrected chi connectivity index (χ4v) is 2.52. The Morgan fingerprint density at radius 2 is 1.76 bits per heavy atom. The summed E-state index contributed by atoms with van der Waals surface area (Å²) in [6.45, 7) is 0.636. The monoisotopic (exact) mass is 324 g/mol. The van der Waals surface area contributed by atoms with Crippen LogP contribution in [0.5, 0.6) is 0 Å². The van der Waals surface area contributed by atoms with E-state index in [9.17, 15) is 26.4 Å². The van der Waals surface area contributed by atoms with E-state index < -0.39 is 28.7 Å². The van der Waals surface area contributed by atoms with Crippen molar-refractivity contribution in [3.8, 4) is 0 Å². The molecule has 0 aliphatic rings. The van der Waals surface area contributed by atoms with Gasteiger partial charge in [0.05, 0.1) is 4.90 Å². The third-order valence-corrected chi connectivity index (χ3v) is 3.90. The second kappa shape index (κ2) is 6.90. The van der Waals surface area contributed by atoms with Gasteiger partial charge in [0.25, 0.3) is 5.91 Å². The summed E-state index contributed by atoms with van der Waals surface area (Å²) in [5, 5.41) is 1.70. The molecule has 0 radical (unpaired) electrons. The highest BCUT2D eigenvalue weighted by molar-refractivity contribution is 7.89. The predicted molar refractivity (Wildman–Crippen MR) is 70.3 cm³/mol. The van der Waals surface area contributed by atoms with Crippen LogP contribution in [0.15, 0.2) is 29.2 Å². The van der Waals surface area contributed by atoms with Gasteiger partial charge in [-0.3, -0.25) is 4.79 Å². The van der Waals surface area contributed by atoms with Crippen molar-refractivity contribution in [1.29, 1.82) is 0 Å². The number of amides is 1. The molecule has 0 aliphatic carbocycles. The first-order valence-electron chi connectivity index (χ1n) is 6.10. The van der Waals surface area contributed by atoms with Gasteiger partial charge in [0, 0.05) is 12.1 Å². The number of carbonyl (C=O) groups is 1. The Morgan fingerprint density at radius 3 is 2.24 bits per heavy atom. The van der Waals surface area contributed by atoms with Crippen molar-refractivity contribution in [2.45, 2.75) is 24.4 Å². The van der Waals surface area contributed by atoms with E-state index in [-0.39, 0.29) is 17.0 Å². The van der Waals surface area contributed by atoms with Crippen molar-refractivity contribution >= 4 is 15.9 Å². The molecule has 118 valence electrons. The van der Waals surface area contributed by atoms with Crippen molar-refractivity contribution in [3.63, 3.8) is 0 Å². The molecule has 0 fully saturated rings. The van der Waals surface area contributed by atoms with Crippen LogP contribution in [-0.2, 0) is 10.0 Å². The smallest absolute Gasteiger partial charge is 0.343 e. The van der Waals surface area contributed by atoms with Crippen molar-refractivity contribution < 1.29 is 26.4 Å². The van der Waals surface area contributed by atoms with Gasteiger partial charge >= 0.3 is 6.18 Å². The van der Waals surface area contributed by atoms with Crippen molar-refractivity contribution in [2.24, 2.45) is 0 Å². The summed E-state index contributed by atoms with van der Waals surface area (Å²) < 4.78 is 61.8. The lowest BCUT2D eigenvalue weighted by atomic mass is 10.2. The van der Waals surface area contributed by atoms with Crippen LogP contribution in [0.3, 0.4) is 0 Å². The Morgan fingerprint density at radius 1 is 1.19 bits per heavy atom. The zero-order valence-corrected chi connectivity index (χ0v) is 12.0. The van der Waals surface area contributed by atoms with E-state index in [4.69, 9.17) is 0 Å². The number of hydrogen-bond acceptors (Lipinski definition) is 3. The first-order chi connectivity index (χ1) is 9.65. The molecule has 5 nitrogen and oxygen atoms in total. The quantitative estimate of drug-likeness (QED) is 0.836. The van der Waals surface area contributed by atoms with Crippen LogP contribution in [0, 0.1) is 0 Å². The molecular formula is C12H15F3N2O3S. The topological polar surface area (TPSA) is 75.3 Å². The molecule has 0 bridgehead atoms. The predicted octanol–water partition coefficient (Wildman–Crippen LogP) is 1.67. The first kappa shape index (κ1) is 17.4. The minimum atomic E-state index is -4.50. The number of rotatable bonds is 6. The molecule has 0 unspecified atom stereocenters. The maximum absolute atomic E-state index is 12.0. The molecule has 0 aliphatic heterocycles. The van der Waals surface area contributed by atoms with Gasteiger partial charge in [-0.05, 0) is 30.7 Å². The molecule has 0 aromatic heterocycles. The molecular weight excluding hydrogens is 309 g/mol. The lowest BCUT2D eigenvalue weighted by Gasteiger charge is -2.09. The Kier molecular flexibility index (Phi) is 5.73. The Hall–Kier alpha value is -1.61. The van der Waals surface area contributed by atoms with E-state index in [0.717, 1.165) is 12.1 Å². The molecule has 1 amide bonds. The van der Waals surface area contributed by atoms with E-state index in [1.165, 1.54) is 12.1 Å². The summed E-state index contributed by atoms with van der Waals surface area (Å²) in [7, 11) is -3.66. The van der Waals surface area contributed by atoms with Gasteiger partial charge < -0.3 is 5.32 Å². The third-order valence-electron chi connectivity index (χ3n) is 2.42. The fourth-order valence-electron chi connectivity index (χ4n) is 1.39. The standard InChI is InChI=1S/C12H15F3N2O3S/c1-2-7-17-21(19,20)10-5-3-9(4-6-10)11(18)16-8-12(13,14)15/h3-6,17H,2,7-8H2,1H3,(H,16,18). The average Bonchev–Trinajstić information content (AvgIpc) is 2.42. The van der Waals surface area contributed by atoms with Crippen molar-refractivity contribution in [3.05, 3.63) is 29.8 Å².